The van der Waals surface area contributed by atoms with Crippen LogP contribution in [0.2, 0.25) is 0 Å². The Labute approximate surface area is 183 Å². The number of hydrogen-bond donors (Lipinski definition) is 3. The highest BCUT2D eigenvalue weighted by atomic mass is 32.1. The van der Waals surface area contributed by atoms with Gasteiger partial charge in [0.15, 0.2) is 16.6 Å². The number of thiocarbonyl (C=S) groups is 1. The van der Waals surface area contributed by atoms with Crippen LogP contribution in [0.3, 0.4) is 0 Å². The molecule has 0 aliphatic heterocycles. The molecular weight excluding hydrogens is 396 g/mol. The number of rotatable bonds is 9. The van der Waals surface area contributed by atoms with E-state index in [0.717, 1.165) is 29.9 Å². The Morgan fingerprint density at radius 1 is 1.03 bits per heavy atom. The number of benzene rings is 2. The van der Waals surface area contributed by atoms with E-state index in [9.17, 15) is 0 Å². The van der Waals surface area contributed by atoms with Crippen LogP contribution in [0.25, 0.3) is 10.9 Å². The molecule has 6 nitrogen and oxygen atoms in total. The number of methoxy groups -OCH3 is 2. The van der Waals surface area contributed by atoms with E-state index < -0.39 is 0 Å². The number of aromatic amines is 1. The first kappa shape index (κ1) is 21.9. The van der Waals surface area contributed by atoms with Crippen LogP contribution >= 0.6 is 12.2 Å². The third-order valence-corrected chi connectivity index (χ3v) is 5.41. The molecular formula is C23H30N4O2S. The minimum atomic E-state index is 0.0137. The normalized spacial score (nSPS) is 12.0. The van der Waals surface area contributed by atoms with Crippen LogP contribution in [0.4, 0.5) is 0 Å². The molecule has 0 unspecified atom stereocenters. The number of aromatic nitrogens is 1. The zero-order chi connectivity index (χ0) is 21.5. The van der Waals surface area contributed by atoms with Crippen molar-refractivity contribution in [3.8, 4) is 11.5 Å². The number of H-pyrrole nitrogens is 1. The molecule has 0 radical (unpaired) electrons. The van der Waals surface area contributed by atoms with Gasteiger partial charge in [-0.2, -0.15) is 0 Å². The SMILES string of the molecule is COc1cccc([C@H](CNC(=S)NCCN(C)C)c2c[nH]c3ccccc23)c1OC. The molecule has 3 aromatic rings. The third-order valence-electron chi connectivity index (χ3n) is 5.12. The smallest absolute Gasteiger partial charge is 0.166 e. The van der Waals surface area contributed by atoms with Crippen LogP contribution in [-0.2, 0) is 0 Å². The molecule has 1 aromatic heterocycles. The Balaban J connectivity index is 1.92. The zero-order valence-corrected chi connectivity index (χ0v) is 18.8. The maximum atomic E-state index is 5.74. The monoisotopic (exact) mass is 426 g/mol. The lowest BCUT2D eigenvalue weighted by molar-refractivity contribution is 0.350. The topological polar surface area (TPSA) is 61.5 Å². The van der Waals surface area contributed by atoms with Crippen molar-refractivity contribution in [2.45, 2.75) is 5.92 Å². The number of ether oxygens (including phenoxy) is 2. The summed E-state index contributed by atoms with van der Waals surface area (Å²) in [5, 5.41) is 8.48. The molecule has 3 N–H and O–H groups in total. The van der Waals surface area contributed by atoms with E-state index in [4.69, 9.17) is 21.7 Å². The quantitative estimate of drug-likeness (QED) is 0.456. The molecule has 0 bridgehead atoms. The summed E-state index contributed by atoms with van der Waals surface area (Å²) in [6.45, 7) is 2.33. The molecule has 3 rings (SSSR count). The molecule has 0 saturated heterocycles. The standard InChI is InChI=1S/C23H30N4O2S/c1-27(2)13-12-24-23(30)26-15-19(17-9-7-11-21(28-3)22(17)29-4)18-14-25-20-10-6-5-8-16(18)20/h5-11,14,19,25H,12-13,15H2,1-4H3,(H2,24,26,30)/t19-/m0/s1. The van der Waals surface area contributed by atoms with E-state index in [1.54, 1.807) is 14.2 Å². The molecule has 1 heterocycles. The van der Waals surface area contributed by atoms with E-state index >= 15 is 0 Å². The number of para-hydroxylation sites is 2. The van der Waals surface area contributed by atoms with Gasteiger partial charge in [-0.25, -0.2) is 0 Å². The molecule has 2 aromatic carbocycles. The zero-order valence-electron chi connectivity index (χ0n) is 18.0. The van der Waals surface area contributed by atoms with Gasteiger partial charge in [0.05, 0.1) is 14.2 Å². The third kappa shape index (κ3) is 5.04. The molecule has 30 heavy (non-hydrogen) atoms. The van der Waals surface area contributed by atoms with Crippen LogP contribution < -0.4 is 20.1 Å². The van der Waals surface area contributed by atoms with E-state index in [2.05, 4.69) is 51.0 Å². The first-order valence-electron chi connectivity index (χ1n) is 9.98. The van der Waals surface area contributed by atoms with Crippen molar-refractivity contribution in [3.05, 3.63) is 59.8 Å². The molecule has 0 amide bonds. The number of hydrogen-bond acceptors (Lipinski definition) is 4. The molecule has 0 fully saturated rings. The first-order chi connectivity index (χ1) is 14.5. The minimum absolute atomic E-state index is 0.0137. The summed E-state index contributed by atoms with van der Waals surface area (Å²) in [5.74, 6) is 1.47. The second kappa shape index (κ2) is 10.3. The molecule has 1 atom stereocenters. The van der Waals surface area contributed by atoms with Crippen molar-refractivity contribution in [2.75, 3.05) is 47.9 Å². The van der Waals surface area contributed by atoms with Gasteiger partial charge in [-0.3, -0.25) is 0 Å². The average molecular weight is 427 g/mol. The summed E-state index contributed by atoms with van der Waals surface area (Å²) in [6.07, 6.45) is 2.07. The minimum Gasteiger partial charge on any atom is -0.493 e. The summed E-state index contributed by atoms with van der Waals surface area (Å²) in [5.41, 5.74) is 3.33. The van der Waals surface area contributed by atoms with Gasteiger partial charge in [-0.15, -0.1) is 0 Å². The fraction of sp³-hybridized carbons (Fsp3) is 0.348. The molecule has 7 heteroatoms. The van der Waals surface area contributed by atoms with Gasteiger partial charge in [0, 0.05) is 48.2 Å². The Hall–Kier alpha value is -2.77. The highest BCUT2D eigenvalue weighted by Crippen LogP contribution is 2.40. The van der Waals surface area contributed by atoms with Gasteiger partial charge >= 0.3 is 0 Å². The van der Waals surface area contributed by atoms with Crippen molar-refractivity contribution >= 4 is 28.2 Å². The van der Waals surface area contributed by atoms with Crippen LogP contribution in [0.5, 0.6) is 11.5 Å². The summed E-state index contributed by atoms with van der Waals surface area (Å²) in [4.78, 5) is 5.50. The fourth-order valence-corrected chi connectivity index (χ4v) is 3.79. The van der Waals surface area contributed by atoms with Crippen LogP contribution in [0.15, 0.2) is 48.7 Å². The van der Waals surface area contributed by atoms with Crippen molar-refractivity contribution in [1.29, 1.82) is 0 Å². The van der Waals surface area contributed by atoms with Gasteiger partial charge in [-0.05, 0) is 44.0 Å². The summed E-state index contributed by atoms with van der Waals surface area (Å²) in [7, 11) is 7.42. The lowest BCUT2D eigenvalue weighted by Crippen LogP contribution is -2.40. The van der Waals surface area contributed by atoms with Crippen LogP contribution in [0.1, 0.15) is 17.0 Å². The number of nitrogens with one attached hydrogen (secondary N) is 3. The summed E-state index contributed by atoms with van der Waals surface area (Å²) in [6, 6.07) is 14.3. The van der Waals surface area contributed by atoms with Gasteiger partial charge in [-0.1, -0.05) is 30.3 Å². The second-order valence-corrected chi connectivity index (χ2v) is 7.77. The first-order valence-corrected chi connectivity index (χ1v) is 10.4. The Kier molecular flexibility index (Phi) is 7.54. The van der Waals surface area contributed by atoms with Crippen molar-refractivity contribution in [3.63, 3.8) is 0 Å². The maximum absolute atomic E-state index is 5.74. The number of likely N-dealkylation sites (N-methyl/N-ethyl adjacent to an activating group) is 1. The summed E-state index contributed by atoms with van der Waals surface area (Å²) >= 11 is 5.50. The van der Waals surface area contributed by atoms with Gasteiger partial charge in [0.1, 0.15) is 0 Å². The van der Waals surface area contributed by atoms with E-state index in [-0.39, 0.29) is 5.92 Å². The molecule has 0 aliphatic rings. The average Bonchev–Trinajstić information content (AvgIpc) is 3.17. The number of nitrogens with zero attached hydrogens (tertiary/aromatic N) is 1. The largest absolute Gasteiger partial charge is 0.493 e. The highest BCUT2D eigenvalue weighted by molar-refractivity contribution is 7.80. The lowest BCUT2D eigenvalue weighted by Gasteiger charge is -2.23. The van der Waals surface area contributed by atoms with Crippen molar-refractivity contribution in [2.24, 2.45) is 0 Å². The van der Waals surface area contributed by atoms with Crippen LogP contribution in [-0.4, -0.2) is 62.9 Å². The molecule has 0 saturated carbocycles. The van der Waals surface area contributed by atoms with Gasteiger partial charge < -0.3 is 30.0 Å². The molecule has 0 aliphatic carbocycles. The highest BCUT2D eigenvalue weighted by Gasteiger charge is 2.23. The van der Waals surface area contributed by atoms with Crippen LogP contribution in [0, 0.1) is 0 Å². The Bertz CT molecular complexity index is 986. The number of fused-ring (bicyclic) bond motifs is 1. The Morgan fingerprint density at radius 2 is 1.83 bits per heavy atom. The van der Waals surface area contributed by atoms with Crippen molar-refractivity contribution in [1.82, 2.24) is 20.5 Å². The lowest BCUT2D eigenvalue weighted by atomic mass is 9.90. The molecule has 0 spiro atoms. The predicted octanol–water partition coefficient (Wildman–Crippen LogP) is 3.34. The van der Waals surface area contributed by atoms with E-state index in [0.29, 0.717) is 17.4 Å². The van der Waals surface area contributed by atoms with E-state index in [1.807, 2.05) is 32.3 Å². The van der Waals surface area contributed by atoms with Crippen molar-refractivity contribution < 1.29 is 9.47 Å². The van der Waals surface area contributed by atoms with Gasteiger partial charge in [0.2, 0.25) is 0 Å². The van der Waals surface area contributed by atoms with E-state index in [1.165, 1.54) is 10.9 Å². The predicted molar refractivity (Wildman–Crippen MR) is 127 cm³/mol. The Morgan fingerprint density at radius 3 is 2.57 bits per heavy atom. The summed E-state index contributed by atoms with van der Waals surface area (Å²) < 4.78 is 11.3. The molecule has 160 valence electrons. The maximum Gasteiger partial charge on any atom is 0.166 e. The van der Waals surface area contributed by atoms with Gasteiger partial charge in [0.25, 0.3) is 0 Å². The fourth-order valence-electron chi connectivity index (χ4n) is 3.61. The second-order valence-electron chi connectivity index (χ2n) is 7.37.